The van der Waals surface area contributed by atoms with Gasteiger partial charge in [0, 0.05) is 36.0 Å². The molecule has 0 amide bonds. The lowest BCUT2D eigenvalue weighted by Gasteiger charge is -2.35. The predicted octanol–water partition coefficient (Wildman–Crippen LogP) is 5.23. The molecular weight excluding hydrogens is 381 g/mol. The molecule has 0 bridgehead atoms. The average Bonchev–Trinajstić information content (AvgIpc) is 3.17. The van der Waals surface area contributed by atoms with Crippen molar-refractivity contribution in [1.29, 1.82) is 0 Å². The van der Waals surface area contributed by atoms with Crippen molar-refractivity contribution in [2.75, 3.05) is 18.0 Å². The van der Waals surface area contributed by atoms with Gasteiger partial charge in [0.15, 0.2) is 0 Å². The van der Waals surface area contributed by atoms with E-state index in [2.05, 4.69) is 46.9 Å². The third kappa shape index (κ3) is 4.70. The molecule has 0 atom stereocenters. The van der Waals surface area contributed by atoms with E-state index in [0.717, 1.165) is 31.5 Å². The number of piperidine rings is 1. The highest BCUT2D eigenvalue weighted by Crippen LogP contribution is 2.37. The molecule has 2 aromatic carbocycles. The van der Waals surface area contributed by atoms with E-state index in [-0.39, 0.29) is 12.3 Å². The fourth-order valence-electron chi connectivity index (χ4n) is 4.13. The van der Waals surface area contributed by atoms with E-state index in [4.69, 9.17) is 9.90 Å². The summed E-state index contributed by atoms with van der Waals surface area (Å²) in [7, 11) is 0. The summed E-state index contributed by atoms with van der Waals surface area (Å²) < 4.78 is 13.7. The minimum absolute atomic E-state index is 0.150. The van der Waals surface area contributed by atoms with Crippen molar-refractivity contribution in [3.8, 4) is 11.1 Å². The number of rotatable bonds is 3. The third-order valence-corrected chi connectivity index (χ3v) is 5.71. The lowest BCUT2D eigenvalue weighted by atomic mass is 9.91. The molecule has 1 saturated heterocycles. The molecule has 1 aromatic heterocycles. The fourth-order valence-corrected chi connectivity index (χ4v) is 4.13. The molecule has 3 aromatic rings. The smallest absolute Gasteiger partial charge is 0.290 e. The van der Waals surface area contributed by atoms with Crippen molar-refractivity contribution in [3.05, 3.63) is 71.1 Å². The molecule has 1 fully saturated rings. The Morgan fingerprint density at radius 2 is 1.83 bits per heavy atom. The number of hydrogen-bond acceptors (Lipinski definition) is 3. The van der Waals surface area contributed by atoms with Gasteiger partial charge in [-0.3, -0.25) is 4.79 Å². The largest absolute Gasteiger partial charge is 0.483 e. The van der Waals surface area contributed by atoms with Crippen molar-refractivity contribution in [2.45, 2.75) is 39.5 Å². The van der Waals surface area contributed by atoms with Crippen molar-refractivity contribution in [3.63, 3.8) is 0 Å². The number of nitrogens with zero attached hydrogens (tertiary/aromatic N) is 2. The van der Waals surface area contributed by atoms with E-state index >= 15 is 0 Å². The van der Waals surface area contributed by atoms with Crippen molar-refractivity contribution >= 4 is 12.2 Å². The fraction of sp³-hybridized carbons (Fsp3) is 0.333. The number of aromatic nitrogens is 2. The number of imidazole rings is 1. The van der Waals surface area contributed by atoms with Crippen LogP contribution in [0.3, 0.4) is 0 Å². The van der Waals surface area contributed by atoms with Gasteiger partial charge in [-0.25, -0.2) is 9.37 Å². The Balaban J connectivity index is 0.000000806. The maximum atomic E-state index is 13.7. The Kier molecular flexibility index (Phi) is 6.87. The summed E-state index contributed by atoms with van der Waals surface area (Å²) in [5.41, 5.74) is 7.84. The van der Waals surface area contributed by atoms with Crippen LogP contribution in [-0.2, 0) is 4.79 Å². The molecule has 2 heterocycles. The molecule has 158 valence electrons. The molecule has 0 radical (unpaired) electrons. The number of aromatic amines is 1. The molecule has 0 aliphatic carbocycles. The SMILES string of the molecule is Cc1ccc(-c2ccc(F)c(C)c2)c(N2CCC(c3nc[nH]c3C)CC2)c1.O=CO. The Morgan fingerprint density at radius 1 is 1.13 bits per heavy atom. The topological polar surface area (TPSA) is 69.2 Å². The van der Waals surface area contributed by atoms with Gasteiger partial charge in [-0.2, -0.15) is 0 Å². The van der Waals surface area contributed by atoms with Crippen LogP contribution in [0.5, 0.6) is 0 Å². The third-order valence-electron chi connectivity index (χ3n) is 5.71. The summed E-state index contributed by atoms with van der Waals surface area (Å²) >= 11 is 0. The quantitative estimate of drug-likeness (QED) is 0.582. The molecule has 1 aliphatic rings. The molecule has 1 aliphatic heterocycles. The molecule has 0 unspecified atom stereocenters. The van der Waals surface area contributed by atoms with Gasteiger partial charge in [0.2, 0.25) is 0 Å². The minimum Gasteiger partial charge on any atom is -0.483 e. The highest BCUT2D eigenvalue weighted by molar-refractivity contribution is 5.79. The summed E-state index contributed by atoms with van der Waals surface area (Å²) in [6.45, 7) is 7.82. The lowest BCUT2D eigenvalue weighted by molar-refractivity contribution is -0.122. The first-order valence-electron chi connectivity index (χ1n) is 10.1. The summed E-state index contributed by atoms with van der Waals surface area (Å²) in [6.07, 6.45) is 4.00. The minimum atomic E-state index is -0.250. The second-order valence-electron chi connectivity index (χ2n) is 7.76. The zero-order chi connectivity index (χ0) is 21.7. The zero-order valence-corrected chi connectivity index (χ0v) is 17.7. The normalized spacial score (nSPS) is 14.2. The van der Waals surface area contributed by atoms with Crippen LogP contribution < -0.4 is 4.90 Å². The Hall–Kier alpha value is -3.15. The van der Waals surface area contributed by atoms with E-state index in [1.54, 1.807) is 12.4 Å². The molecule has 0 saturated carbocycles. The van der Waals surface area contributed by atoms with Crippen LogP contribution in [-0.4, -0.2) is 34.6 Å². The first-order chi connectivity index (χ1) is 14.4. The second-order valence-corrected chi connectivity index (χ2v) is 7.76. The van der Waals surface area contributed by atoms with E-state index in [1.165, 1.54) is 28.2 Å². The summed E-state index contributed by atoms with van der Waals surface area (Å²) in [6, 6.07) is 12.0. The van der Waals surface area contributed by atoms with E-state index < -0.39 is 0 Å². The average molecular weight is 410 g/mol. The zero-order valence-electron chi connectivity index (χ0n) is 17.7. The molecule has 0 spiro atoms. The number of aryl methyl sites for hydroxylation is 3. The highest BCUT2D eigenvalue weighted by atomic mass is 19.1. The Bertz CT molecular complexity index is 1010. The Morgan fingerprint density at radius 3 is 2.43 bits per heavy atom. The van der Waals surface area contributed by atoms with E-state index in [0.29, 0.717) is 11.5 Å². The van der Waals surface area contributed by atoms with E-state index in [9.17, 15) is 4.39 Å². The monoisotopic (exact) mass is 409 g/mol. The van der Waals surface area contributed by atoms with Gasteiger partial charge >= 0.3 is 0 Å². The molecule has 30 heavy (non-hydrogen) atoms. The molecular formula is C24H28FN3O2. The first kappa shape index (κ1) is 21.6. The number of H-pyrrole nitrogens is 1. The highest BCUT2D eigenvalue weighted by Gasteiger charge is 2.25. The number of halogens is 1. The number of nitrogens with one attached hydrogen (secondary N) is 1. The maximum absolute atomic E-state index is 13.7. The van der Waals surface area contributed by atoms with Gasteiger partial charge in [-0.1, -0.05) is 18.2 Å². The Labute approximate surface area is 176 Å². The van der Waals surface area contributed by atoms with Gasteiger partial charge in [0.1, 0.15) is 5.82 Å². The van der Waals surface area contributed by atoms with Crippen LogP contribution >= 0.6 is 0 Å². The molecule has 2 N–H and O–H groups in total. The number of anilines is 1. The van der Waals surface area contributed by atoms with Gasteiger partial charge in [0.05, 0.1) is 12.0 Å². The van der Waals surface area contributed by atoms with Gasteiger partial charge in [-0.05, 0) is 68.5 Å². The molecule has 5 nitrogen and oxygen atoms in total. The first-order valence-corrected chi connectivity index (χ1v) is 10.1. The molecule has 6 heteroatoms. The standard InChI is InChI=1S/C23H26FN3.CH2O2/c1-15-4-6-20(19-5-7-21(24)16(2)13-19)22(12-15)27-10-8-18(9-11-27)23-17(3)25-14-26-23;2-1-3/h4-7,12-14,18H,8-11H2,1-3H3,(H,25,26);1H,(H,2,3). The number of benzene rings is 2. The van der Waals surface area contributed by atoms with Gasteiger partial charge in [0.25, 0.3) is 6.47 Å². The van der Waals surface area contributed by atoms with Crippen LogP contribution in [0.1, 0.15) is 41.3 Å². The van der Waals surface area contributed by atoms with Crippen LogP contribution in [0.4, 0.5) is 10.1 Å². The lowest BCUT2D eigenvalue weighted by Crippen LogP contribution is -2.33. The van der Waals surface area contributed by atoms with Gasteiger partial charge < -0.3 is 15.0 Å². The van der Waals surface area contributed by atoms with E-state index in [1.807, 2.05) is 19.1 Å². The van der Waals surface area contributed by atoms with Crippen LogP contribution in [0.15, 0.2) is 42.7 Å². The predicted molar refractivity (Wildman–Crippen MR) is 118 cm³/mol. The van der Waals surface area contributed by atoms with Crippen LogP contribution in [0.2, 0.25) is 0 Å². The number of hydrogen-bond donors (Lipinski definition) is 2. The van der Waals surface area contributed by atoms with Crippen molar-refractivity contribution < 1.29 is 14.3 Å². The summed E-state index contributed by atoms with van der Waals surface area (Å²) in [4.78, 5) is 18.6. The van der Waals surface area contributed by atoms with Crippen LogP contribution in [0.25, 0.3) is 11.1 Å². The number of carboxylic acid groups (broad SMARTS) is 1. The summed E-state index contributed by atoms with van der Waals surface area (Å²) in [5.74, 6) is 0.372. The van der Waals surface area contributed by atoms with Crippen molar-refractivity contribution in [1.82, 2.24) is 9.97 Å². The van der Waals surface area contributed by atoms with Crippen LogP contribution in [0, 0.1) is 26.6 Å². The summed E-state index contributed by atoms with van der Waals surface area (Å²) in [5, 5.41) is 6.89. The van der Waals surface area contributed by atoms with Crippen molar-refractivity contribution in [2.24, 2.45) is 0 Å². The second kappa shape index (κ2) is 9.57. The maximum Gasteiger partial charge on any atom is 0.290 e. The molecule has 4 rings (SSSR count). The van der Waals surface area contributed by atoms with Gasteiger partial charge in [-0.15, -0.1) is 0 Å². The number of carbonyl (C=O) groups is 1.